The molecule has 6 heteroatoms. The molecular weight excluding hydrogens is 340 g/mol. The van der Waals surface area contributed by atoms with E-state index in [2.05, 4.69) is 5.10 Å². The number of hydrogen-bond donors (Lipinski definition) is 0. The molecule has 1 heterocycles. The van der Waals surface area contributed by atoms with Crippen molar-refractivity contribution in [3.05, 3.63) is 88.3 Å². The van der Waals surface area contributed by atoms with E-state index in [1.54, 1.807) is 24.1 Å². The van der Waals surface area contributed by atoms with Crippen LogP contribution in [-0.2, 0) is 6.54 Å². The first-order valence-electron chi connectivity index (χ1n) is 8.63. The van der Waals surface area contributed by atoms with Crippen LogP contribution in [0, 0.1) is 0 Å². The summed E-state index contributed by atoms with van der Waals surface area (Å²) in [6, 6.07) is 19.9. The fraction of sp³-hybridized carbons (Fsp3) is 0.190. The van der Waals surface area contributed by atoms with Gasteiger partial charge in [-0.25, -0.2) is 0 Å². The molecule has 138 valence electrons. The number of nitrogens with zero attached hydrogens (tertiary/aromatic N) is 4. The topological polar surface area (TPSA) is 58.4 Å². The first kappa shape index (κ1) is 18.4. The van der Waals surface area contributed by atoms with E-state index in [0.29, 0.717) is 12.2 Å². The highest BCUT2D eigenvalue weighted by Gasteiger charge is 2.15. The standard InChI is InChI=1S/C21H22N4O2/c1-23(2)17-11-9-16(10-12-17)15-24(3)21(27)19-13-14-20(26)25(22-19)18-7-5-4-6-8-18/h4-14H,15H2,1-3H3. The highest BCUT2D eigenvalue weighted by molar-refractivity contribution is 5.91. The molecule has 0 unspecified atom stereocenters. The maximum Gasteiger partial charge on any atom is 0.274 e. The maximum absolute atomic E-state index is 12.8. The largest absolute Gasteiger partial charge is 0.378 e. The predicted molar refractivity (Wildman–Crippen MR) is 106 cm³/mol. The van der Waals surface area contributed by atoms with Crippen LogP contribution in [0.5, 0.6) is 0 Å². The quantitative estimate of drug-likeness (QED) is 0.700. The summed E-state index contributed by atoms with van der Waals surface area (Å²) in [4.78, 5) is 28.5. The predicted octanol–water partition coefficient (Wildman–Crippen LogP) is 2.57. The molecular formula is C21H22N4O2. The second kappa shape index (κ2) is 7.86. The zero-order valence-corrected chi connectivity index (χ0v) is 15.7. The van der Waals surface area contributed by atoms with Gasteiger partial charge in [0.1, 0.15) is 5.69 Å². The molecule has 0 aliphatic rings. The summed E-state index contributed by atoms with van der Waals surface area (Å²) in [5, 5.41) is 4.25. The van der Waals surface area contributed by atoms with Gasteiger partial charge in [-0.15, -0.1) is 0 Å². The van der Waals surface area contributed by atoms with Crippen LogP contribution in [0.4, 0.5) is 5.69 Å². The van der Waals surface area contributed by atoms with Crippen LogP contribution in [0.1, 0.15) is 16.1 Å². The number of anilines is 1. The minimum atomic E-state index is -0.278. The molecule has 1 aromatic heterocycles. The number of aromatic nitrogens is 2. The molecule has 0 radical (unpaired) electrons. The van der Waals surface area contributed by atoms with Gasteiger partial charge in [0, 0.05) is 39.4 Å². The van der Waals surface area contributed by atoms with Gasteiger partial charge in [0.05, 0.1) is 5.69 Å². The number of hydrogen-bond acceptors (Lipinski definition) is 4. The summed E-state index contributed by atoms with van der Waals surface area (Å²) in [5.74, 6) is -0.239. The van der Waals surface area contributed by atoms with Gasteiger partial charge < -0.3 is 9.80 Å². The molecule has 0 N–H and O–H groups in total. The van der Waals surface area contributed by atoms with Crippen molar-refractivity contribution in [2.45, 2.75) is 6.54 Å². The van der Waals surface area contributed by atoms with Gasteiger partial charge in [-0.1, -0.05) is 30.3 Å². The Bertz CT molecular complexity index is 979. The molecule has 3 aromatic rings. The van der Waals surface area contributed by atoms with Crippen LogP contribution < -0.4 is 10.5 Å². The lowest BCUT2D eigenvalue weighted by molar-refractivity contribution is 0.0777. The summed E-state index contributed by atoms with van der Waals surface area (Å²) in [5.41, 5.74) is 2.70. The van der Waals surface area contributed by atoms with Crippen molar-refractivity contribution in [2.75, 3.05) is 26.0 Å². The average Bonchev–Trinajstić information content (AvgIpc) is 2.69. The van der Waals surface area contributed by atoms with E-state index in [4.69, 9.17) is 0 Å². The lowest BCUT2D eigenvalue weighted by Gasteiger charge is -2.18. The zero-order valence-electron chi connectivity index (χ0n) is 15.7. The Morgan fingerprint density at radius 3 is 2.22 bits per heavy atom. The van der Waals surface area contributed by atoms with Crippen molar-refractivity contribution in [3.63, 3.8) is 0 Å². The maximum atomic E-state index is 12.8. The summed E-state index contributed by atoms with van der Waals surface area (Å²) < 4.78 is 1.24. The van der Waals surface area contributed by atoms with E-state index in [1.165, 1.54) is 16.8 Å². The lowest BCUT2D eigenvalue weighted by atomic mass is 10.2. The molecule has 27 heavy (non-hydrogen) atoms. The van der Waals surface area contributed by atoms with Crippen molar-refractivity contribution >= 4 is 11.6 Å². The second-order valence-electron chi connectivity index (χ2n) is 6.53. The normalized spacial score (nSPS) is 10.5. The van der Waals surface area contributed by atoms with Crippen LogP contribution in [0.2, 0.25) is 0 Å². The second-order valence-corrected chi connectivity index (χ2v) is 6.53. The number of carbonyl (C=O) groups is 1. The Labute approximate surface area is 158 Å². The molecule has 0 aliphatic carbocycles. The van der Waals surface area contributed by atoms with E-state index in [9.17, 15) is 9.59 Å². The number of rotatable bonds is 5. The van der Waals surface area contributed by atoms with Crippen LogP contribution in [0.25, 0.3) is 5.69 Å². The average molecular weight is 362 g/mol. The molecule has 0 bridgehead atoms. The minimum absolute atomic E-state index is 0.228. The van der Waals surface area contributed by atoms with E-state index in [-0.39, 0.29) is 17.2 Å². The molecule has 0 atom stereocenters. The summed E-state index contributed by atoms with van der Waals surface area (Å²) in [7, 11) is 5.69. The molecule has 6 nitrogen and oxygen atoms in total. The van der Waals surface area contributed by atoms with Gasteiger partial charge in [0.2, 0.25) is 0 Å². The molecule has 2 aromatic carbocycles. The van der Waals surface area contributed by atoms with E-state index >= 15 is 0 Å². The molecule has 0 saturated carbocycles. The Balaban J connectivity index is 1.80. The number of carbonyl (C=O) groups excluding carboxylic acids is 1. The van der Waals surface area contributed by atoms with Crippen molar-refractivity contribution in [2.24, 2.45) is 0 Å². The van der Waals surface area contributed by atoms with E-state index in [1.807, 2.05) is 61.5 Å². The molecule has 0 aliphatic heterocycles. The van der Waals surface area contributed by atoms with Crippen molar-refractivity contribution in [1.29, 1.82) is 0 Å². The van der Waals surface area contributed by atoms with Crippen LogP contribution >= 0.6 is 0 Å². The van der Waals surface area contributed by atoms with Gasteiger partial charge in [-0.3, -0.25) is 9.59 Å². The monoisotopic (exact) mass is 362 g/mol. The Kier molecular flexibility index (Phi) is 5.35. The first-order valence-corrected chi connectivity index (χ1v) is 8.63. The highest BCUT2D eigenvalue weighted by Crippen LogP contribution is 2.14. The first-order chi connectivity index (χ1) is 13.0. The summed E-state index contributed by atoms with van der Waals surface area (Å²) in [6.45, 7) is 0.457. The van der Waals surface area contributed by atoms with Gasteiger partial charge in [0.25, 0.3) is 11.5 Å². The van der Waals surface area contributed by atoms with Gasteiger partial charge in [-0.2, -0.15) is 9.78 Å². The Morgan fingerprint density at radius 2 is 1.59 bits per heavy atom. The van der Waals surface area contributed by atoms with Crippen molar-refractivity contribution < 1.29 is 4.79 Å². The van der Waals surface area contributed by atoms with E-state index in [0.717, 1.165) is 11.3 Å². The molecule has 0 saturated heterocycles. The van der Waals surface area contributed by atoms with Gasteiger partial charge in [-0.05, 0) is 35.9 Å². The third-order valence-corrected chi connectivity index (χ3v) is 4.24. The van der Waals surface area contributed by atoms with Crippen LogP contribution in [0.3, 0.4) is 0 Å². The third-order valence-electron chi connectivity index (χ3n) is 4.24. The minimum Gasteiger partial charge on any atom is -0.378 e. The van der Waals surface area contributed by atoms with Gasteiger partial charge in [0.15, 0.2) is 0 Å². The highest BCUT2D eigenvalue weighted by atomic mass is 16.2. The fourth-order valence-corrected chi connectivity index (χ4v) is 2.72. The number of amides is 1. The fourth-order valence-electron chi connectivity index (χ4n) is 2.72. The van der Waals surface area contributed by atoms with E-state index < -0.39 is 0 Å². The summed E-state index contributed by atoms with van der Waals surface area (Å²) >= 11 is 0. The smallest absolute Gasteiger partial charge is 0.274 e. The summed E-state index contributed by atoms with van der Waals surface area (Å²) in [6.07, 6.45) is 0. The van der Waals surface area contributed by atoms with Crippen molar-refractivity contribution in [1.82, 2.24) is 14.7 Å². The van der Waals surface area contributed by atoms with Gasteiger partial charge >= 0.3 is 0 Å². The SMILES string of the molecule is CN(Cc1ccc(N(C)C)cc1)C(=O)c1ccc(=O)n(-c2ccccc2)n1. The Morgan fingerprint density at radius 1 is 0.926 bits per heavy atom. The molecule has 1 amide bonds. The Hall–Kier alpha value is -3.41. The molecule has 0 fully saturated rings. The molecule has 0 spiro atoms. The molecule has 3 rings (SSSR count). The van der Waals surface area contributed by atoms with Crippen LogP contribution in [-0.4, -0.2) is 41.7 Å². The van der Waals surface area contributed by atoms with Crippen molar-refractivity contribution in [3.8, 4) is 5.69 Å². The number of benzene rings is 2. The van der Waals surface area contributed by atoms with Crippen LogP contribution in [0.15, 0.2) is 71.5 Å². The lowest BCUT2D eigenvalue weighted by Crippen LogP contribution is -2.30. The zero-order chi connectivity index (χ0) is 19.4. The third kappa shape index (κ3) is 4.23. The number of para-hydroxylation sites is 1.